The van der Waals surface area contributed by atoms with Gasteiger partial charge in [-0.25, -0.2) is 4.79 Å². The molecule has 1 aromatic heterocycles. The summed E-state index contributed by atoms with van der Waals surface area (Å²) in [6, 6.07) is 6.52. The SMILES string of the molecule is CO.Cc1cc(=O)oc2cc(O[C@@H]3OC[C@H](O)CC3O)ccc12. The van der Waals surface area contributed by atoms with E-state index in [1.165, 1.54) is 6.07 Å². The van der Waals surface area contributed by atoms with Crippen molar-refractivity contribution in [3.63, 3.8) is 0 Å². The second-order valence-corrected chi connectivity index (χ2v) is 5.18. The quantitative estimate of drug-likeness (QED) is 0.692. The van der Waals surface area contributed by atoms with Gasteiger partial charge in [-0.3, -0.25) is 0 Å². The van der Waals surface area contributed by atoms with Crippen LogP contribution in [0.4, 0.5) is 0 Å². The fourth-order valence-corrected chi connectivity index (χ4v) is 2.40. The third-order valence-corrected chi connectivity index (χ3v) is 3.46. The van der Waals surface area contributed by atoms with E-state index in [1.54, 1.807) is 18.2 Å². The molecular formula is C16H20O7. The minimum Gasteiger partial charge on any atom is -0.462 e. The molecule has 0 amide bonds. The third-order valence-electron chi connectivity index (χ3n) is 3.46. The van der Waals surface area contributed by atoms with Gasteiger partial charge in [0, 0.05) is 31.0 Å². The second kappa shape index (κ2) is 7.56. The number of aliphatic hydroxyl groups is 3. The lowest BCUT2D eigenvalue weighted by atomic mass is 10.1. The van der Waals surface area contributed by atoms with Gasteiger partial charge in [0.25, 0.3) is 0 Å². The van der Waals surface area contributed by atoms with Crippen molar-refractivity contribution in [3.8, 4) is 5.75 Å². The van der Waals surface area contributed by atoms with Crippen molar-refractivity contribution in [2.75, 3.05) is 13.7 Å². The summed E-state index contributed by atoms with van der Waals surface area (Å²) in [4.78, 5) is 11.4. The summed E-state index contributed by atoms with van der Waals surface area (Å²) in [5.41, 5.74) is 0.821. The molecule has 0 spiro atoms. The van der Waals surface area contributed by atoms with Gasteiger partial charge in [-0.2, -0.15) is 0 Å². The molecule has 1 fully saturated rings. The summed E-state index contributed by atoms with van der Waals surface area (Å²) in [6.07, 6.45) is -2.24. The Balaban J connectivity index is 0.000000924. The van der Waals surface area contributed by atoms with Crippen LogP contribution in [0, 0.1) is 6.92 Å². The molecule has 126 valence electrons. The maximum atomic E-state index is 11.4. The minimum atomic E-state index is -0.908. The fraction of sp³-hybridized carbons (Fsp3) is 0.438. The summed E-state index contributed by atoms with van der Waals surface area (Å²) in [7, 11) is 1.00. The summed E-state index contributed by atoms with van der Waals surface area (Å²) in [5, 5.41) is 27.0. The van der Waals surface area contributed by atoms with Gasteiger partial charge in [0.2, 0.25) is 6.29 Å². The molecule has 0 saturated carbocycles. The van der Waals surface area contributed by atoms with Gasteiger partial charge in [0.1, 0.15) is 17.4 Å². The Morgan fingerprint density at radius 1 is 1.22 bits per heavy atom. The van der Waals surface area contributed by atoms with Crippen LogP contribution in [0.2, 0.25) is 0 Å². The highest BCUT2D eigenvalue weighted by molar-refractivity contribution is 5.81. The van der Waals surface area contributed by atoms with E-state index in [0.717, 1.165) is 18.1 Å². The Labute approximate surface area is 132 Å². The van der Waals surface area contributed by atoms with Crippen LogP contribution in [0.3, 0.4) is 0 Å². The molecule has 0 aliphatic carbocycles. The normalized spacial score (nSPS) is 24.0. The maximum absolute atomic E-state index is 11.4. The van der Waals surface area contributed by atoms with Gasteiger partial charge in [0.15, 0.2) is 0 Å². The molecule has 1 aliphatic heterocycles. The van der Waals surface area contributed by atoms with Crippen molar-refractivity contribution in [2.24, 2.45) is 0 Å². The van der Waals surface area contributed by atoms with Gasteiger partial charge in [-0.05, 0) is 24.6 Å². The average Bonchev–Trinajstić information content (AvgIpc) is 2.51. The van der Waals surface area contributed by atoms with Crippen molar-refractivity contribution in [2.45, 2.75) is 31.8 Å². The molecule has 7 nitrogen and oxygen atoms in total. The maximum Gasteiger partial charge on any atom is 0.336 e. The number of fused-ring (bicyclic) bond motifs is 1. The average molecular weight is 324 g/mol. The number of hydrogen-bond donors (Lipinski definition) is 3. The molecular weight excluding hydrogens is 304 g/mol. The number of hydrogen-bond acceptors (Lipinski definition) is 7. The summed E-state index contributed by atoms with van der Waals surface area (Å²) in [5.74, 6) is 0.427. The molecule has 0 radical (unpaired) electrons. The van der Waals surface area contributed by atoms with E-state index < -0.39 is 24.1 Å². The predicted octanol–water partition coefficient (Wildman–Crippen LogP) is 0.557. The van der Waals surface area contributed by atoms with Crippen LogP contribution in [-0.2, 0) is 4.74 Å². The lowest BCUT2D eigenvalue weighted by Gasteiger charge is -2.31. The van der Waals surface area contributed by atoms with Crippen molar-refractivity contribution in [3.05, 3.63) is 40.2 Å². The van der Waals surface area contributed by atoms with Crippen LogP contribution < -0.4 is 10.4 Å². The zero-order valence-corrected chi connectivity index (χ0v) is 12.9. The number of aryl methyl sites for hydroxylation is 1. The topological polar surface area (TPSA) is 109 Å². The van der Waals surface area contributed by atoms with Crippen LogP contribution in [0.5, 0.6) is 5.75 Å². The van der Waals surface area contributed by atoms with Gasteiger partial charge in [-0.15, -0.1) is 0 Å². The van der Waals surface area contributed by atoms with E-state index in [-0.39, 0.29) is 13.0 Å². The van der Waals surface area contributed by atoms with Crippen LogP contribution >= 0.6 is 0 Å². The van der Waals surface area contributed by atoms with E-state index in [1.807, 2.05) is 6.92 Å². The molecule has 3 N–H and O–H groups in total. The molecule has 1 unspecified atom stereocenters. The van der Waals surface area contributed by atoms with Gasteiger partial charge < -0.3 is 29.2 Å². The molecule has 1 saturated heterocycles. The van der Waals surface area contributed by atoms with Crippen LogP contribution in [0.15, 0.2) is 33.5 Å². The van der Waals surface area contributed by atoms with Crippen LogP contribution in [0.25, 0.3) is 11.0 Å². The third kappa shape index (κ3) is 4.08. The number of ether oxygens (including phenoxy) is 2. The molecule has 2 heterocycles. The Morgan fingerprint density at radius 3 is 2.65 bits per heavy atom. The number of rotatable bonds is 2. The molecule has 3 rings (SSSR count). The molecule has 0 bridgehead atoms. The largest absolute Gasteiger partial charge is 0.462 e. The first-order valence-electron chi connectivity index (χ1n) is 7.16. The van der Waals surface area contributed by atoms with Crippen LogP contribution in [0.1, 0.15) is 12.0 Å². The molecule has 2 aromatic rings. The van der Waals surface area contributed by atoms with Crippen molar-refractivity contribution < 1.29 is 29.2 Å². The predicted molar refractivity (Wildman–Crippen MR) is 82.4 cm³/mol. The van der Waals surface area contributed by atoms with E-state index in [0.29, 0.717) is 11.3 Å². The Kier molecular flexibility index (Phi) is 5.73. The zero-order valence-electron chi connectivity index (χ0n) is 12.9. The van der Waals surface area contributed by atoms with E-state index >= 15 is 0 Å². The highest BCUT2D eigenvalue weighted by Crippen LogP contribution is 2.25. The van der Waals surface area contributed by atoms with Crippen molar-refractivity contribution >= 4 is 11.0 Å². The summed E-state index contributed by atoms with van der Waals surface area (Å²) >= 11 is 0. The van der Waals surface area contributed by atoms with E-state index in [2.05, 4.69) is 0 Å². The van der Waals surface area contributed by atoms with Gasteiger partial charge in [0.05, 0.1) is 12.7 Å². The molecule has 3 atom stereocenters. The van der Waals surface area contributed by atoms with Crippen molar-refractivity contribution in [1.29, 1.82) is 0 Å². The van der Waals surface area contributed by atoms with Gasteiger partial charge >= 0.3 is 5.63 Å². The molecule has 7 heteroatoms. The first kappa shape index (κ1) is 17.4. The summed E-state index contributed by atoms with van der Waals surface area (Å²) < 4.78 is 15.9. The first-order valence-corrected chi connectivity index (χ1v) is 7.16. The second-order valence-electron chi connectivity index (χ2n) is 5.18. The minimum absolute atomic E-state index is 0.115. The smallest absolute Gasteiger partial charge is 0.336 e. The van der Waals surface area contributed by atoms with Gasteiger partial charge in [-0.1, -0.05) is 0 Å². The highest BCUT2D eigenvalue weighted by atomic mass is 16.7. The summed E-state index contributed by atoms with van der Waals surface area (Å²) in [6.45, 7) is 1.94. The Hall–Kier alpha value is -1.93. The van der Waals surface area contributed by atoms with E-state index in [9.17, 15) is 15.0 Å². The first-order chi connectivity index (χ1) is 11.0. The molecule has 1 aliphatic rings. The monoisotopic (exact) mass is 324 g/mol. The number of benzene rings is 1. The fourth-order valence-electron chi connectivity index (χ4n) is 2.40. The highest BCUT2D eigenvalue weighted by Gasteiger charge is 2.30. The zero-order chi connectivity index (χ0) is 17.0. The molecule has 23 heavy (non-hydrogen) atoms. The van der Waals surface area contributed by atoms with Crippen LogP contribution in [-0.4, -0.2) is 47.5 Å². The lowest BCUT2D eigenvalue weighted by molar-refractivity contribution is -0.198. The Bertz CT molecular complexity index is 709. The number of aliphatic hydroxyl groups excluding tert-OH is 3. The van der Waals surface area contributed by atoms with Crippen molar-refractivity contribution in [1.82, 2.24) is 0 Å². The lowest BCUT2D eigenvalue weighted by Crippen LogP contribution is -2.44. The molecule has 1 aromatic carbocycles. The van der Waals surface area contributed by atoms with E-state index in [4.69, 9.17) is 19.0 Å². The Morgan fingerprint density at radius 2 is 1.96 bits per heavy atom. The standard InChI is InChI=1S/C15H16O6.CH4O/c1-8-4-14(18)21-13-6-10(2-3-11(8)13)20-15-12(17)5-9(16)7-19-15;1-2/h2-4,6,9,12,15-17H,5,7H2,1H3;2H,1H3/t9-,12?,15+;/m1./s1.